The number of ether oxygens (including phenoxy) is 1. The summed E-state index contributed by atoms with van der Waals surface area (Å²) in [6, 6.07) is 5.19. The van der Waals surface area contributed by atoms with Crippen LogP contribution in [-0.2, 0) is 10.2 Å². The lowest BCUT2D eigenvalue weighted by Crippen LogP contribution is -2.38. The van der Waals surface area contributed by atoms with Gasteiger partial charge >= 0.3 is 10.2 Å². The molecule has 1 aliphatic carbocycles. The molecule has 1 aromatic rings. The van der Waals surface area contributed by atoms with Crippen molar-refractivity contribution in [3.63, 3.8) is 0 Å². The zero-order chi connectivity index (χ0) is 13.5. The average Bonchev–Trinajstić information content (AvgIpc) is 2.88. The molecule has 0 unspecified atom stereocenters. The van der Waals surface area contributed by atoms with Crippen LogP contribution in [0.5, 0.6) is 5.75 Å². The molecule has 102 valence electrons. The van der Waals surface area contributed by atoms with E-state index in [1.54, 1.807) is 12.1 Å². The minimum absolute atomic E-state index is 0.199. The third-order valence-electron chi connectivity index (χ3n) is 3.44. The maximum absolute atomic E-state index is 11.6. The van der Waals surface area contributed by atoms with Crippen LogP contribution < -0.4 is 15.0 Å². The van der Waals surface area contributed by atoms with Crippen LogP contribution in [-0.4, -0.2) is 20.7 Å². The minimum atomic E-state index is -3.79. The second-order valence-electron chi connectivity index (χ2n) is 4.72. The van der Waals surface area contributed by atoms with Crippen LogP contribution in [0.3, 0.4) is 0 Å². The van der Waals surface area contributed by atoms with Crippen molar-refractivity contribution in [3.05, 3.63) is 23.8 Å². The summed E-state index contributed by atoms with van der Waals surface area (Å²) < 4.78 is 33.2. The molecular formula is C12H15N3O3S. The molecule has 0 bridgehead atoms. The number of anilines is 1. The summed E-state index contributed by atoms with van der Waals surface area (Å²) in [6.45, 7) is 0. The van der Waals surface area contributed by atoms with Gasteiger partial charge in [-0.15, -0.1) is 0 Å². The number of fused-ring (bicyclic) bond motifs is 1. The second-order valence-corrected chi connectivity index (χ2v) is 6.22. The van der Waals surface area contributed by atoms with Gasteiger partial charge in [0.25, 0.3) is 0 Å². The maximum atomic E-state index is 11.6. The van der Waals surface area contributed by atoms with Gasteiger partial charge < -0.3 is 4.74 Å². The van der Waals surface area contributed by atoms with E-state index in [9.17, 15) is 8.42 Å². The Morgan fingerprint density at radius 3 is 2.79 bits per heavy atom. The van der Waals surface area contributed by atoms with Crippen LogP contribution in [0.2, 0.25) is 0 Å². The van der Waals surface area contributed by atoms with Crippen molar-refractivity contribution in [2.75, 3.05) is 4.41 Å². The van der Waals surface area contributed by atoms with Gasteiger partial charge in [0.05, 0.1) is 23.6 Å². The molecule has 6 nitrogen and oxygen atoms in total. The van der Waals surface area contributed by atoms with Crippen molar-refractivity contribution in [2.24, 2.45) is 10.2 Å². The zero-order valence-electron chi connectivity index (χ0n) is 10.3. The number of hydrazine groups is 1. The van der Waals surface area contributed by atoms with E-state index in [0.29, 0.717) is 21.4 Å². The molecule has 1 fully saturated rings. The largest absolute Gasteiger partial charge is 0.490 e. The SMILES string of the molecule is NN1c2cccc(OC3CCCC3)c2C=NS1(=O)=O. The monoisotopic (exact) mass is 281 g/mol. The molecule has 0 spiro atoms. The van der Waals surface area contributed by atoms with Gasteiger partial charge in [-0.3, -0.25) is 0 Å². The molecule has 0 atom stereocenters. The number of benzene rings is 1. The van der Waals surface area contributed by atoms with Gasteiger partial charge in [0.1, 0.15) is 5.75 Å². The maximum Gasteiger partial charge on any atom is 0.358 e. The summed E-state index contributed by atoms with van der Waals surface area (Å²) in [5, 5.41) is 0. The van der Waals surface area contributed by atoms with E-state index in [1.165, 1.54) is 19.1 Å². The second kappa shape index (κ2) is 4.50. The zero-order valence-corrected chi connectivity index (χ0v) is 11.1. The van der Waals surface area contributed by atoms with E-state index in [1.807, 2.05) is 6.07 Å². The van der Waals surface area contributed by atoms with Crippen molar-refractivity contribution >= 4 is 22.1 Å². The van der Waals surface area contributed by atoms with E-state index < -0.39 is 10.2 Å². The van der Waals surface area contributed by atoms with Crippen molar-refractivity contribution in [2.45, 2.75) is 31.8 Å². The number of hydrogen-bond acceptors (Lipinski definition) is 4. The fourth-order valence-corrected chi connectivity index (χ4v) is 3.19. The predicted octanol–water partition coefficient (Wildman–Crippen LogP) is 1.37. The van der Waals surface area contributed by atoms with Crippen LogP contribution in [0.1, 0.15) is 31.2 Å². The summed E-state index contributed by atoms with van der Waals surface area (Å²) in [4.78, 5) is 0. The Hall–Kier alpha value is -1.60. The Kier molecular flexibility index (Phi) is 2.94. The molecule has 1 saturated carbocycles. The predicted molar refractivity (Wildman–Crippen MR) is 72.5 cm³/mol. The van der Waals surface area contributed by atoms with E-state index >= 15 is 0 Å². The fourth-order valence-electron chi connectivity index (χ4n) is 2.44. The van der Waals surface area contributed by atoms with E-state index in [0.717, 1.165) is 12.8 Å². The van der Waals surface area contributed by atoms with Gasteiger partial charge in [-0.1, -0.05) is 6.07 Å². The summed E-state index contributed by atoms with van der Waals surface area (Å²) in [6.07, 6.45) is 5.91. The van der Waals surface area contributed by atoms with Crippen molar-refractivity contribution in [1.82, 2.24) is 0 Å². The fraction of sp³-hybridized carbons (Fsp3) is 0.417. The van der Waals surface area contributed by atoms with Gasteiger partial charge in [-0.2, -0.15) is 17.2 Å². The first kappa shape index (κ1) is 12.4. The Balaban J connectivity index is 1.98. The highest BCUT2D eigenvalue weighted by atomic mass is 32.2. The quantitative estimate of drug-likeness (QED) is 0.830. The smallest absolute Gasteiger partial charge is 0.358 e. The van der Waals surface area contributed by atoms with Crippen LogP contribution in [0, 0.1) is 0 Å². The number of nitrogens with zero attached hydrogens (tertiary/aromatic N) is 2. The van der Waals surface area contributed by atoms with Gasteiger partial charge in [-0.25, -0.2) is 5.84 Å². The Labute approximate surface area is 112 Å². The van der Waals surface area contributed by atoms with E-state index in [4.69, 9.17) is 10.6 Å². The van der Waals surface area contributed by atoms with Crippen LogP contribution >= 0.6 is 0 Å². The molecule has 7 heteroatoms. The highest BCUT2D eigenvalue weighted by molar-refractivity contribution is 7.91. The normalized spacial score (nSPS) is 21.4. The number of hydrogen-bond donors (Lipinski definition) is 1. The summed E-state index contributed by atoms with van der Waals surface area (Å²) in [5.74, 6) is 6.21. The first-order valence-corrected chi connectivity index (χ1v) is 7.62. The lowest BCUT2D eigenvalue weighted by molar-refractivity contribution is 0.210. The van der Waals surface area contributed by atoms with E-state index in [-0.39, 0.29) is 6.10 Å². The van der Waals surface area contributed by atoms with Gasteiger partial charge in [0, 0.05) is 0 Å². The molecule has 1 heterocycles. The number of rotatable bonds is 2. The summed E-state index contributed by atoms with van der Waals surface area (Å²) >= 11 is 0. The van der Waals surface area contributed by atoms with Gasteiger partial charge in [-0.05, 0) is 37.8 Å². The van der Waals surface area contributed by atoms with Crippen molar-refractivity contribution < 1.29 is 13.2 Å². The Bertz CT molecular complexity index is 621. The Morgan fingerprint density at radius 2 is 2.05 bits per heavy atom. The van der Waals surface area contributed by atoms with E-state index in [2.05, 4.69) is 4.40 Å². The molecule has 0 radical (unpaired) electrons. The lowest BCUT2D eigenvalue weighted by atomic mass is 10.1. The molecule has 0 aromatic heterocycles. The average molecular weight is 281 g/mol. The van der Waals surface area contributed by atoms with Crippen molar-refractivity contribution in [3.8, 4) is 5.75 Å². The van der Waals surface area contributed by atoms with Crippen molar-refractivity contribution in [1.29, 1.82) is 0 Å². The lowest BCUT2D eigenvalue weighted by Gasteiger charge is -2.24. The van der Waals surface area contributed by atoms with Crippen LogP contribution in [0.25, 0.3) is 0 Å². The number of nitrogens with two attached hydrogens (primary N) is 1. The third kappa shape index (κ3) is 2.19. The highest BCUT2D eigenvalue weighted by Gasteiger charge is 2.27. The first-order valence-electron chi connectivity index (χ1n) is 6.23. The molecule has 2 aliphatic rings. The molecular weight excluding hydrogens is 266 g/mol. The molecule has 0 amide bonds. The standard InChI is InChI=1S/C12H15N3O3S/c13-15-11-6-3-7-12(18-9-4-1-2-5-9)10(11)8-14-19(15,16)17/h3,6-9H,1-2,4-5,13H2. The molecule has 3 rings (SSSR count). The van der Waals surface area contributed by atoms with Gasteiger partial charge in [0.2, 0.25) is 0 Å². The Morgan fingerprint density at radius 1 is 1.32 bits per heavy atom. The molecule has 1 aliphatic heterocycles. The first-order chi connectivity index (χ1) is 9.08. The molecule has 1 aromatic carbocycles. The summed E-state index contributed by atoms with van der Waals surface area (Å²) in [5.41, 5.74) is 1.01. The van der Waals surface area contributed by atoms with Crippen LogP contribution in [0.4, 0.5) is 5.69 Å². The molecule has 19 heavy (non-hydrogen) atoms. The molecule has 2 N–H and O–H groups in total. The summed E-state index contributed by atoms with van der Waals surface area (Å²) in [7, 11) is -3.79. The third-order valence-corrected chi connectivity index (χ3v) is 4.51. The highest BCUT2D eigenvalue weighted by Crippen LogP contribution is 2.33. The molecule has 0 saturated heterocycles. The van der Waals surface area contributed by atoms with Gasteiger partial charge in [0.15, 0.2) is 0 Å². The topological polar surface area (TPSA) is 85.0 Å². The minimum Gasteiger partial charge on any atom is -0.490 e. The van der Waals surface area contributed by atoms with Crippen LogP contribution in [0.15, 0.2) is 22.6 Å².